The average Bonchev–Trinajstić information content (AvgIpc) is 2.89. The second-order valence-corrected chi connectivity index (χ2v) is 5.98. The molecule has 0 heterocycles. The monoisotopic (exact) mass is 252 g/mol. The molecule has 0 aromatic carbocycles. The van der Waals surface area contributed by atoms with Crippen molar-refractivity contribution in [2.24, 2.45) is 17.8 Å². The summed E-state index contributed by atoms with van der Waals surface area (Å²) in [7, 11) is 0. The van der Waals surface area contributed by atoms with Crippen LogP contribution in [-0.4, -0.2) is 24.4 Å². The normalized spacial score (nSPS) is 31.1. The summed E-state index contributed by atoms with van der Waals surface area (Å²) in [6, 6.07) is 0.115. The van der Waals surface area contributed by atoms with Gasteiger partial charge in [-0.15, -0.1) is 0 Å². The number of hydrogen-bond acceptors (Lipinski definition) is 2. The summed E-state index contributed by atoms with van der Waals surface area (Å²) < 4.78 is 0. The molecule has 4 atom stereocenters. The van der Waals surface area contributed by atoms with Crippen molar-refractivity contribution < 1.29 is 9.59 Å². The summed E-state index contributed by atoms with van der Waals surface area (Å²) in [6.07, 6.45) is 5.78. The molecule has 0 aliphatic heterocycles. The van der Waals surface area contributed by atoms with Gasteiger partial charge in [-0.25, -0.2) is 4.79 Å². The van der Waals surface area contributed by atoms with Crippen molar-refractivity contribution in [3.8, 4) is 0 Å². The number of hydrogen-bond donors (Lipinski definition) is 2. The van der Waals surface area contributed by atoms with Gasteiger partial charge in [0.1, 0.15) is 5.78 Å². The van der Waals surface area contributed by atoms with Crippen LogP contribution in [-0.2, 0) is 4.79 Å². The zero-order valence-corrected chi connectivity index (χ0v) is 11.4. The molecule has 2 aliphatic rings. The molecule has 2 aliphatic carbocycles. The maximum absolute atomic E-state index is 11.7. The molecule has 0 radical (unpaired) electrons. The van der Waals surface area contributed by atoms with Gasteiger partial charge < -0.3 is 10.6 Å². The number of rotatable bonds is 5. The molecule has 4 heteroatoms. The van der Waals surface area contributed by atoms with Crippen molar-refractivity contribution in [3.63, 3.8) is 0 Å². The van der Waals surface area contributed by atoms with Crippen molar-refractivity contribution in [1.29, 1.82) is 0 Å². The predicted octanol–water partition coefficient (Wildman–Crippen LogP) is 2.09. The lowest BCUT2D eigenvalue weighted by atomic mass is 9.84. The van der Waals surface area contributed by atoms with Crippen molar-refractivity contribution in [1.82, 2.24) is 10.6 Å². The van der Waals surface area contributed by atoms with Crippen molar-refractivity contribution in [2.45, 2.75) is 52.0 Å². The molecule has 2 rings (SSSR count). The first-order valence-electron chi connectivity index (χ1n) is 7.10. The molecular formula is C14H24N2O2. The fourth-order valence-electron chi connectivity index (χ4n) is 3.62. The Labute approximate surface area is 109 Å². The fraction of sp³-hybridized carbons (Fsp3) is 0.857. The Morgan fingerprint density at radius 3 is 2.61 bits per heavy atom. The Balaban J connectivity index is 1.69. The van der Waals surface area contributed by atoms with E-state index in [1.165, 1.54) is 32.6 Å². The van der Waals surface area contributed by atoms with Crippen LogP contribution in [0, 0.1) is 17.8 Å². The largest absolute Gasteiger partial charge is 0.338 e. The minimum Gasteiger partial charge on any atom is -0.338 e. The molecule has 2 fully saturated rings. The lowest BCUT2D eigenvalue weighted by molar-refractivity contribution is -0.116. The highest BCUT2D eigenvalue weighted by molar-refractivity contribution is 5.77. The van der Waals surface area contributed by atoms with E-state index >= 15 is 0 Å². The van der Waals surface area contributed by atoms with Gasteiger partial charge in [0.15, 0.2) is 0 Å². The van der Waals surface area contributed by atoms with Crippen LogP contribution in [0.15, 0.2) is 0 Å². The minimum absolute atomic E-state index is 0.108. The third kappa shape index (κ3) is 3.24. The number of carbonyl (C=O) groups excluding carboxylic acids is 2. The van der Waals surface area contributed by atoms with E-state index in [0.717, 1.165) is 11.8 Å². The SMILES string of the molecule is CC(=O)CCNC(=O)NC(C)C1CC2CCC1C2. The lowest BCUT2D eigenvalue weighted by Gasteiger charge is -2.28. The Morgan fingerprint density at radius 1 is 1.28 bits per heavy atom. The molecule has 2 amide bonds. The summed E-state index contributed by atoms with van der Waals surface area (Å²) in [5.41, 5.74) is 0. The first kappa shape index (κ1) is 13.4. The summed E-state index contributed by atoms with van der Waals surface area (Å²) in [5, 5.41) is 5.76. The number of Topliss-reactive ketones (excluding diaryl/α,β-unsaturated/α-hetero) is 1. The van der Waals surface area contributed by atoms with Crippen LogP contribution >= 0.6 is 0 Å². The summed E-state index contributed by atoms with van der Waals surface area (Å²) in [5.74, 6) is 2.49. The third-order valence-electron chi connectivity index (χ3n) is 4.56. The van der Waals surface area contributed by atoms with Gasteiger partial charge in [0, 0.05) is 19.0 Å². The smallest absolute Gasteiger partial charge is 0.315 e. The number of amides is 2. The minimum atomic E-state index is -0.133. The quantitative estimate of drug-likeness (QED) is 0.787. The Kier molecular flexibility index (Phi) is 4.25. The molecule has 4 nitrogen and oxygen atoms in total. The molecule has 2 saturated carbocycles. The maximum Gasteiger partial charge on any atom is 0.315 e. The molecule has 2 bridgehead atoms. The van der Waals surface area contributed by atoms with Crippen LogP contribution in [0.4, 0.5) is 4.79 Å². The zero-order chi connectivity index (χ0) is 13.1. The average molecular weight is 252 g/mol. The van der Waals surface area contributed by atoms with E-state index in [4.69, 9.17) is 0 Å². The second-order valence-electron chi connectivity index (χ2n) is 5.98. The van der Waals surface area contributed by atoms with Crippen LogP contribution in [0.2, 0.25) is 0 Å². The van der Waals surface area contributed by atoms with E-state index < -0.39 is 0 Å². The van der Waals surface area contributed by atoms with Gasteiger partial charge in [0.2, 0.25) is 0 Å². The topological polar surface area (TPSA) is 58.2 Å². The standard InChI is InChI=1S/C14H24N2O2/c1-9(17)5-6-15-14(18)16-10(2)13-8-11-3-4-12(13)7-11/h10-13H,3-8H2,1-2H3,(H2,15,16,18). The summed E-state index contributed by atoms with van der Waals surface area (Å²) >= 11 is 0. The van der Waals surface area contributed by atoms with Crippen LogP contribution in [0.25, 0.3) is 0 Å². The molecule has 0 saturated heterocycles. The van der Waals surface area contributed by atoms with Crippen molar-refractivity contribution in [2.75, 3.05) is 6.54 Å². The molecule has 18 heavy (non-hydrogen) atoms. The van der Waals surface area contributed by atoms with Crippen molar-refractivity contribution >= 4 is 11.8 Å². The maximum atomic E-state index is 11.7. The van der Waals surface area contributed by atoms with Gasteiger partial charge in [-0.2, -0.15) is 0 Å². The summed E-state index contributed by atoms with van der Waals surface area (Å²) in [4.78, 5) is 22.4. The Bertz CT molecular complexity index is 330. The van der Waals surface area contributed by atoms with Gasteiger partial charge in [-0.05, 0) is 50.9 Å². The van der Waals surface area contributed by atoms with Gasteiger partial charge in [-0.1, -0.05) is 6.42 Å². The Morgan fingerprint density at radius 2 is 2.06 bits per heavy atom. The number of urea groups is 1. The van der Waals surface area contributed by atoms with Gasteiger partial charge in [-0.3, -0.25) is 4.79 Å². The van der Waals surface area contributed by atoms with E-state index in [1.807, 2.05) is 0 Å². The zero-order valence-electron chi connectivity index (χ0n) is 11.4. The van der Waals surface area contributed by atoms with Crippen molar-refractivity contribution in [3.05, 3.63) is 0 Å². The number of nitrogens with one attached hydrogen (secondary N) is 2. The molecule has 0 spiro atoms. The van der Waals surface area contributed by atoms with Crippen LogP contribution in [0.3, 0.4) is 0 Å². The van der Waals surface area contributed by atoms with Crippen LogP contribution < -0.4 is 10.6 Å². The lowest BCUT2D eigenvalue weighted by Crippen LogP contribution is -2.45. The van der Waals surface area contributed by atoms with Gasteiger partial charge in [0.25, 0.3) is 0 Å². The summed E-state index contributed by atoms with van der Waals surface area (Å²) in [6.45, 7) is 4.08. The first-order chi connectivity index (χ1) is 8.56. The second kappa shape index (κ2) is 5.72. The highest BCUT2D eigenvalue weighted by atomic mass is 16.2. The molecular weight excluding hydrogens is 228 g/mol. The highest BCUT2D eigenvalue weighted by Gasteiger charge is 2.42. The van der Waals surface area contributed by atoms with E-state index in [9.17, 15) is 9.59 Å². The molecule has 102 valence electrons. The molecule has 0 aromatic rings. The number of carbonyl (C=O) groups is 2. The molecule has 4 unspecified atom stereocenters. The predicted molar refractivity (Wildman–Crippen MR) is 70.2 cm³/mol. The fourth-order valence-corrected chi connectivity index (χ4v) is 3.62. The van der Waals surface area contributed by atoms with E-state index in [-0.39, 0.29) is 17.9 Å². The number of fused-ring (bicyclic) bond motifs is 2. The van der Waals surface area contributed by atoms with Gasteiger partial charge >= 0.3 is 6.03 Å². The van der Waals surface area contributed by atoms with Crippen LogP contribution in [0.1, 0.15) is 46.0 Å². The molecule has 2 N–H and O–H groups in total. The molecule has 0 aromatic heterocycles. The first-order valence-corrected chi connectivity index (χ1v) is 7.10. The number of ketones is 1. The van der Waals surface area contributed by atoms with E-state index in [1.54, 1.807) is 0 Å². The third-order valence-corrected chi connectivity index (χ3v) is 4.56. The Hall–Kier alpha value is -1.06. The van der Waals surface area contributed by atoms with E-state index in [2.05, 4.69) is 17.6 Å². The van der Waals surface area contributed by atoms with Crippen LogP contribution in [0.5, 0.6) is 0 Å². The van der Waals surface area contributed by atoms with E-state index in [0.29, 0.717) is 18.9 Å². The van der Waals surface area contributed by atoms with Gasteiger partial charge in [0.05, 0.1) is 0 Å². The highest BCUT2D eigenvalue weighted by Crippen LogP contribution is 2.49.